The Bertz CT molecular complexity index is 903. The normalized spacial score (nSPS) is 10.7. The van der Waals surface area contributed by atoms with Crippen molar-refractivity contribution < 1.29 is 9.53 Å². The number of H-pyrrole nitrogens is 1. The quantitative estimate of drug-likeness (QED) is 0.685. The standard InChI is InChI=1S/C20H22N4O2/c1-13-5-6-14(11-18(13)26-2)7-8-16-19(20(21)25)17(24-23-16)10-15-4-3-9-22-12-15/h3-6,9,11-12H,7-8,10H2,1-2H3,(H2,21,25)(H,23,24). The minimum absolute atomic E-state index is 0.464. The van der Waals surface area contributed by atoms with Gasteiger partial charge in [0, 0.05) is 18.8 Å². The van der Waals surface area contributed by atoms with E-state index < -0.39 is 5.91 Å². The molecule has 6 heteroatoms. The molecule has 0 spiro atoms. The third kappa shape index (κ3) is 3.91. The molecule has 0 aliphatic rings. The van der Waals surface area contributed by atoms with Crippen molar-refractivity contribution in [3.8, 4) is 5.75 Å². The van der Waals surface area contributed by atoms with Crippen LogP contribution in [0.4, 0.5) is 0 Å². The van der Waals surface area contributed by atoms with Crippen LogP contribution in [0.1, 0.15) is 38.4 Å². The predicted molar refractivity (Wildman–Crippen MR) is 99.3 cm³/mol. The second-order valence-electron chi connectivity index (χ2n) is 6.23. The molecule has 0 saturated heterocycles. The van der Waals surface area contributed by atoms with Gasteiger partial charge in [-0.05, 0) is 48.6 Å². The van der Waals surface area contributed by atoms with Crippen LogP contribution in [0.2, 0.25) is 0 Å². The number of aryl methyl sites for hydroxylation is 3. The van der Waals surface area contributed by atoms with Crippen LogP contribution >= 0.6 is 0 Å². The van der Waals surface area contributed by atoms with Crippen LogP contribution in [0.25, 0.3) is 0 Å². The molecule has 3 N–H and O–H groups in total. The molecular formula is C20H22N4O2. The summed E-state index contributed by atoms with van der Waals surface area (Å²) in [5.74, 6) is 0.394. The zero-order chi connectivity index (χ0) is 18.5. The lowest BCUT2D eigenvalue weighted by Crippen LogP contribution is -2.15. The lowest BCUT2D eigenvalue weighted by Gasteiger charge is -2.07. The Morgan fingerprint density at radius 2 is 2.08 bits per heavy atom. The van der Waals surface area contributed by atoms with Crippen molar-refractivity contribution >= 4 is 5.91 Å². The number of pyridine rings is 1. The number of amides is 1. The van der Waals surface area contributed by atoms with E-state index in [2.05, 4.69) is 21.2 Å². The number of benzene rings is 1. The number of nitrogens with one attached hydrogen (secondary N) is 1. The molecule has 1 amide bonds. The van der Waals surface area contributed by atoms with Crippen LogP contribution in [0, 0.1) is 6.92 Å². The number of rotatable bonds is 7. The highest BCUT2D eigenvalue weighted by atomic mass is 16.5. The largest absolute Gasteiger partial charge is 0.496 e. The molecule has 2 heterocycles. The van der Waals surface area contributed by atoms with Gasteiger partial charge in [-0.3, -0.25) is 14.9 Å². The fraction of sp³-hybridized carbons (Fsp3) is 0.250. The van der Waals surface area contributed by atoms with E-state index in [9.17, 15) is 4.79 Å². The number of aromatic nitrogens is 3. The summed E-state index contributed by atoms with van der Waals surface area (Å²) in [5.41, 5.74) is 10.7. The Labute approximate surface area is 152 Å². The zero-order valence-corrected chi connectivity index (χ0v) is 15.0. The number of aromatic amines is 1. The van der Waals surface area contributed by atoms with Gasteiger partial charge in [-0.15, -0.1) is 0 Å². The number of carbonyl (C=O) groups is 1. The summed E-state index contributed by atoms with van der Waals surface area (Å²) < 4.78 is 5.37. The first kappa shape index (κ1) is 17.7. The first-order valence-corrected chi connectivity index (χ1v) is 8.47. The first-order chi connectivity index (χ1) is 12.6. The van der Waals surface area contributed by atoms with Gasteiger partial charge < -0.3 is 10.5 Å². The fourth-order valence-corrected chi connectivity index (χ4v) is 3.01. The number of carbonyl (C=O) groups excluding carboxylic acids is 1. The lowest BCUT2D eigenvalue weighted by atomic mass is 10.0. The second-order valence-corrected chi connectivity index (χ2v) is 6.23. The Kier molecular flexibility index (Phi) is 5.31. The third-order valence-corrected chi connectivity index (χ3v) is 4.39. The maximum absolute atomic E-state index is 12.0. The Hall–Kier alpha value is -3.15. The second kappa shape index (κ2) is 7.82. The molecule has 0 saturated carbocycles. The average Bonchev–Trinajstić information content (AvgIpc) is 3.04. The molecule has 0 aliphatic heterocycles. The maximum atomic E-state index is 12.0. The highest BCUT2D eigenvalue weighted by Gasteiger charge is 2.18. The van der Waals surface area contributed by atoms with E-state index in [4.69, 9.17) is 10.5 Å². The van der Waals surface area contributed by atoms with Crippen molar-refractivity contribution in [1.82, 2.24) is 15.2 Å². The number of nitrogens with zero attached hydrogens (tertiary/aromatic N) is 2. The van der Waals surface area contributed by atoms with E-state index in [0.29, 0.717) is 24.1 Å². The van der Waals surface area contributed by atoms with E-state index in [1.54, 1.807) is 19.5 Å². The van der Waals surface area contributed by atoms with Gasteiger partial charge in [0.2, 0.25) is 0 Å². The maximum Gasteiger partial charge on any atom is 0.252 e. The number of hydrogen-bond acceptors (Lipinski definition) is 4. The molecule has 1 aromatic carbocycles. The summed E-state index contributed by atoms with van der Waals surface area (Å²) >= 11 is 0. The van der Waals surface area contributed by atoms with Crippen molar-refractivity contribution in [3.63, 3.8) is 0 Å². The predicted octanol–water partition coefficient (Wildman–Crippen LogP) is 2.60. The van der Waals surface area contributed by atoms with Crippen LogP contribution in [-0.4, -0.2) is 28.2 Å². The fourth-order valence-electron chi connectivity index (χ4n) is 3.01. The molecule has 0 unspecified atom stereocenters. The van der Waals surface area contributed by atoms with E-state index >= 15 is 0 Å². The number of methoxy groups -OCH3 is 1. The third-order valence-electron chi connectivity index (χ3n) is 4.39. The van der Waals surface area contributed by atoms with Crippen molar-refractivity contribution in [2.45, 2.75) is 26.2 Å². The SMILES string of the molecule is COc1cc(CCc2n[nH]c(Cc3cccnc3)c2C(N)=O)ccc1C. The zero-order valence-electron chi connectivity index (χ0n) is 15.0. The lowest BCUT2D eigenvalue weighted by molar-refractivity contribution is 0.0998. The topological polar surface area (TPSA) is 93.9 Å². The Morgan fingerprint density at radius 1 is 1.23 bits per heavy atom. The molecule has 0 atom stereocenters. The van der Waals surface area contributed by atoms with Crippen molar-refractivity contribution in [2.75, 3.05) is 7.11 Å². The Balaban J connectivity index is 1.79. The van der Waals surface area contributed by atoms with Crippen LogP contribution in [0.5, 0.6) is 5.75 Å². The van der Waals surface area contributed by atoms with Crippen LogP contribution in [-0.2, 0) is 19.3 Å². The highest BCUT2D eigenvalue weighted by molar-refractivity contribution is 5.95. The molecule has 3 aromatic rings. The molecule has 0 fully saturated rings. The molecule has 6 nitrogen and oxygen atoms in total. The van der Waals surface area contributed by atoms with E-state index in [0.717, 1.165) is 34.6 Å². The first-order valence-electron chi connectivity index (χ1n) is 8.47. The highest BCUT2D eigenvalue weighted by Crippen LogP contribution is 2.21. The minimum atomic E-state index is -0.464. The summed E-state index contributed by atoms with van der Waals surface area (Å²) in [5, 5.41) is 7.30. The molecule has 0 bridgehead atoms. The molecule has 0 aliphatic carbocycles. The molecule has 0 radical (unpaired) electrons. The van der Waals surface area contributed by atoms with Gasteiger partial charge in [0.1, 0.15) is 5.75 Å². The van der Waals surface area contributed by atoms with Gasteiger partial charge in [0.15, 0.2) is 0 Å². The molecule has 3 rings (SSSR count). The van der Waals surface area contributed by atoms with Crippen LogP contribution in [0.15, 0.2) is 42.7 Å². The van der Waals surface area contributed by atoms with Crippen LogP contribution < -0.4 is 10.5 Å². The van der Waals surface area contributed by atoms with Gasteiger partial charge in [-0.25, -0.2) is 0 Å². The van der Waals surface area contributed by atoms with E-state index in [1.807, 2.05) is 31.2 Å². The van der Waals surface area contributed by atoms with Crippen molar-refractivity contribution in [1.29, 1.82) is 0 Å². The number of hydrogen-bond donors (Lipinski definition) is 2. The summed E-state index contributed by atoms with van der Waals surface area (Å²) in [6.45, 7) is 2.01. The molecule has 2 aromatic heterocycles. The van der Waals surface area contributed by atoms with Gasteiger partial charge in [0.05, 0.1) is 24.1 Å². The Morgan fingerprint density at radius 3 is 2.77 bits per heavy atom. The number of primary amides is 1. The summed E-state index contributed by atoms with van der Waals surface area (Å²) in [6, 6.07) is 9.92. The number of nitrogens with two attached hydrogens (primary N) is 1. The van der Waals surface area contributed by atoms with Crippen LogP contribution in [0.3, 0.4) is 0 Å². The monoisotopic (exact) mass is 350 g/mol. The summed E-state index contributed by atoms with van der Waals surface area (Å²) in [6.07, 6.45) is 5.39. The summed E-state index contributed by atoms with van der Waals surface area (Å²) in [4.78, 5) is 16.1. The number of ether oxygens (including phenoxy) is 1. The average molecular weight is 350 g/mol. The van der Waals surface area contributed by atoms with Gasteiger partial charge in [-0.1, -0.05) is 18.2 Å². The van der Waals surface area contributed by atoms with Crippen molar-refractivity contribution in [3.05, 3.63) is 76.4 Å². The van der Waals surface area contributed by atoms with Gasteiger partial charge >= 0.3 is 0 Å². The molecule has 26 heavy (non-hydrogen) atoms. The van der Waals surface area contributed by atoms with E-state index in [-0.39, 0.29) is 0 Å². The minimum Gasteiger partial charge on any atom is -0.496 e. The summed E-state index contributed by atoms with van der Waals surface area (Å²) in [7, 11) is 1.66. The molecule has 134 valence electrons. The van der Waals surface area contributed by atoms with Gasteiger partial charge in [-0.2, -0.15) is 5.10 Å². The van der Waals surface area contributed by atoms with Gasteiger partial charge in [0.25, 0.3) is 5.91 Å². The smallest absolute Gasteiger partial charge is 0.252 e. The van der Waals surface area contributed by atoms with Crippen molar-refractivity contribution in [2.24, 2.45) is 5.73 Å². The van der Waals surface area contributed by atoms with E-state index in [1.165, 1.54) is 0 Å². The molecular weight excluding hydrogens is 328 g/mol.